The molecule has 1 aromatic carbocycles. The van der Waals surface area contributed by atoms with E-state index in [0.717, 1.165) is 30.5 Å². The van der Waals surface area contributed by atoms with Gasteiger partial charge in [0, 0.05) is 0 Å². The van der Waals surface area contributed by atoms with E-state index in [-0.39, 0.29) is 5.78 Å². The molecule has 1 heterocycles. The fraction of sp³-hybridized carbons (Fsp3) is 0.471. The zero-order chi connectivity index (χ0) is 17.2. The maximum Gasteiger partial charge on any atom is 0.416 e. The van der Waals surface area contributed by atoms with E-state index in [1.165, 1.54) is 19.1 Å². The van der Waals surface area contributed by atoms with E-state index in [4.69, 9.17) is 4.52 Å². The van der Waals surface area contributed by atoms with Gasteiger partial charge in [0.05, 0.1) is 11.0 Å². The molecule has 2 fully saturated rings. The Morgan fingerprint density at radius 1 is 1.12 bits per heavy atom. The van der Waals surface area contributed by atoms with Crippen molar-refractivity contribution >= 4 is 5.78 Å². The molecule has 2 aliphatic rings. The SMILES string of the molecule is CC(=O)C1(c2nc(C3(c4ccc(C(F)(F)F)cc4)CC3)no2)CC1. The first-order valence-electron chi connectivity index (χ1n) is 7.81. The van der Waals surface area contributed by atoms with Gasteiger partial charge in [-0.05, 0) is 50.3 Å². The summed E-state index contributed by atoms with van der Waals surface area (Å²) in [5.74, 6) is 0.810. The van der Waals surface area contributed by atoms with E-state index in [2.05, 4.69) is 10.1 Å². The highest BCUT2D eigenvalue weighted by Gasteiger charge is 2.56. The predicted molar refractivity (Wildman–Crippen MR) is 77.3 cm³/mol. The summed E-state index contributed by atoms with van der Waals surface area (Å²) in [5, 5.41) is 4.03. The number of rotatable bonds is 4. The standard InChI is InChI=1S/C17H15F3N2O2/c1-10(23)15(6-7-15)14-21-13(22-24-14)16(8-9-16)11-2-4-12(5-3-11)17(18,19)20/h2-5H,6-9H2,1H3. The van der Waals surface area contributed by atoms with Gasteiger partial charge in [-0.25, -0.2) is 0 Å². The molecule has 0 saturated heterocycles. The van der Waals surface area contributed by atoms with Crippen LogP contribution in [0.1, 0.15) is 55.4 Å². The average molecular weight is 336 g/mol. The zero-order valence-electron chi connectivity index (χ0n) is 13.0. The molecule has 2 aromatic rings. The van der Waals surface area contributed by atoms with Crippen molar-refractivity contribution < 1.29 is 22.5 Å². The Morgan fingerprint density at radius 3 is 2.21 bits per heavy atom. The summed E-state index contributed by atoms with van der Waals surface area (Å²) < 4.78 is 43.4. The highest BCUT2D eigenvalue weighted by atomic mass is 19.4. The Balaban J connectivity index is 1.65. The molecule has 0 N–H and O–H groups in total. The average Bonchev–Trinajstić information content (AvgIpc) is 3.45. The number of hydrogen-bond donors (Lipinski definition) is 0. The smallest absolute Gasteiger partial charge is 0.338 e. The molecule has 4 nitrogen and oxygen atoms in total. The van der Waals surface area contributed by atoms with Gasteiger partial charge in [0.1, 0.15) is 11.2 Å². The van der Waals surface area contributed by atoms with Gasteiger partial charge in [-0.2, -0.15) is 18.2 Å². The van der Waals surface area contributed by atoms with Crippen LogP contribution in [0, 0.1) is 0 Å². The van der Waals surface area contributed by atoms with Crippen LogP contribution in [0.4, 0.5) is 13.2 Å². The van der Waals surface area contributed by atoms with Gasteiger partial charge in [-0.1, -0.05) is 17.3 Å². The minimum absolute atomic E-state index is 0.0112. The predicted octanol–water partition coefficient (Wildman–Crippen LogP) is 3.79. The molecule has 0 amide bonds. The van der Waals surface area contributed by atoms with Crippen LogP contribution in [0.5, 0.6) is 0 Å². The molecule has 2 aliphatic carbocycles. The van der Waals surface area contributed by atoms with Crippen molar-refractivity contribution in [2.45, 2.75) is 49.6 Å². The number of aromatic nitrogens is 2. The summed E-state index contributed by atoms with van der Waals surface area (Å²) in [5.41, 5.74) is -1.06. The molecule has 1 aromatic heterocycles. The lowest BCUT2D eigenvalue weighted by Gasteiger charge is -2.13. The first-order valence-corrected chi connectivity index (χ1v) is 7.81. The summed E-state index contributed by atoms with van der Waals surface area (Å²) in [7, 11) is 0. The second kappa shape index (κ2) is 4.68. The van der Waals surface area contributed by atoms with Gasteiger partial charge >= 0.3 is 6.18 Å². The van der Waals surface area contributed by atoms with Gasteiger partial charge in [-0.15, -0.1) is 0 Å². The van der Waals surface area contributed by atoms with Crippen molar-refractivity contribution in [1.29, 1.82) is 0 Å². The molecular weight excluding hydrogens is 321 g/mol. The number of nitrogens with zero attached hydrogens (tertiary/aromatic N) is 2. The minimum Gasteiger partial charge on any atom is -0.338 e. The summed E-state index contributed by atoms with van der Waals surface area (Å²) in [6.07, 6.45) is -1.43. The molecule has 126 valence electrons. The number of ketones is 1. The Kier molecular flexibility index (Phi) is 2.99. The molecule has 0 radical (unpaired) electrons. The van der Waals surface area contributed by atoms with Crippen LogP contribution in [0.25, 0.3) is 0 Å². The third-order valence-electron chi connectivity index (χ3n) is 5.20. The molecule has 0 bridgehead atoms. The molecule has 4 rings (SSSR count). The van der Waals surface area contributed by atoms with Crippen LogP contribution < -0.4 is 0 Å². The zero-order valence-corrected chi connectivity index (χ0v) is 13.0. The number of hydrogen-bond acceptors (Lipinski definition) is 4. The van der Waals surface area contributed by atoms with Crippen molar-refractivity contribution in [1.82, 2.24) is 10.1 Å². The van der Waals surface area contributed by atoms with Crippen LogP contribution in [-0.2, 0) is 21.8 Å². The van der Waals surface area contributed by atoms with Crippen molar-refractivity contribution in [3.05, 3.63) is 47.1 Å². The molecule has 0 aliphatic heterocycles. The lowest BCUT2D eigenvalue weighted by atomic mass is 9.94. The van der Waals surface area contributed by atoms with E-state index >= 15 is 0 Å². The van der Waals surface area contributed by atoms with Gasteiger partial charge < -0.3 is 4.52 Å². The maximum atomic E-state index is 12.7. The second-order valence-corrected chi connectivity index (χ2v) is 6.72. The first-order chi connectivity index (χ1) is 11.3. The second-order valence-electron chi connectivity index (χ2n) is 6.72. The van der Waals surface area contributed by atoms with Gasteiger partial charge in [0.25, 0.3) is 0 Å². The van der Waals surface area contributed by atoms with Crippen LogP contribution >= 0.6 is 0 Å². The summed E-state index contributed by atoms with van der Waals surface area (Å²) in [6.45, 7) is 1.51. The molecule has 2 saturated carbocycles. The van der Waals surface area contributed by atoms with Crippen molar-refractivity contribution in [2.75, 3.05) is 0 Å². The van der Waals surface area contributed by atoms with Gasteiger partial charge in [0.2, 0.25) is 5.89 Å². The van der Waals surface area contributed by atoms with E-state index < -0.39 is 22.6 Å². The van der Waals surface area contributed by atoms with E-state index in [9.17, 15) is 18.0 Å². The Morgan fingerprint density at radius 2 is 1.75 bits per heavy atom. The monoisotopic (exact) mass is 336 g/mol. The summed E-state index contributed by atoms with van der Waals surface area (Å²) in [4.78, 5) is 16.2. The van der Waals surface area contributed by atoms with Crippen LogP contribution in [0.3, 0.4) is 0 Å². The fourth-order valence-corrected chi connectivity index (χ4v) is 3.20. The Bertz CT molecular complexity index is 800. The van der Waals surface area contributed by atoms with E-state index in [1.807, 2.05) is 0 Å². The van der Waals surface area contributed by atoms with Crippen molar-refractivity contribution in [3.8, 4) is 0 Å². The molecule has 0 unspecified atom stereocenters. The number of carbonyl (C=O) groups excluding carboxylic acids is 1. The van der Waals surface area contributed by atoms with Crippen LogP contribution in [-0.4, -0.2) is 15.9 Å². The fourth-order valence-electron chi connectivity index (χ4n) is 3.20. The molecule has 0 spiro atoms. The third-order valence-corrected chi connectivity index (χ3v) is 5.20. The lowest BCUT2D eigenvalue weighted by Crippen LogP contribution is -2.18. The van der Waals surface area contributed by atoms with Crippen molar-refractivity contribution in [3.63, 3.8) is 0 Å². The molecule has 0 atom stereocenters. The van der Waals surface area contributed by atoms with Crippen LogP contribution in [0.2, 0.25) is 0 Å². The Hall–Kier alpha value is -2.18. The topological polar surface area (TPSA) is 56.0 Å². The van der Waals surface area contributed by atoms with Gasteiger partial charge in [-0.3, -0.25) is 4.79 Å². The molecule has 7 heteroatoms. The number of alkyl halides is 3. The maximum absolute atomic E-state index is 12.7. The first kappa shape index (κ1) is 15.4. The van der Waals surface area contributed by atoms with E-state index in [1.54, 1.807) is 0 Å². The molecular formula is C17H15F3N2O2. The summed E-state index contributed by atoms with van der Waals surface area (Å²) >= 11 is 0. The number of Topliss-reactive ketones (excluding diaryl/α,β-unsaturated/α-hetero) is 1. The highest BCUT2D eigenvalue weighted by molar-refractivity contribution is 5.89. The number of carbonyl (C=O) groups is 1. The Labute approximate surface area is 136 Å². The highest BCUT2D eigenvalue weighted by Crippen LogP contribution is 2.54. The minimum atomic E-state index is -4.35. The van der Waals surface area contributed by atoms with E-state index in [0.29, 0.717) is 24.6 Å². The van der Waals surface area contributed by atoms with Crippen LogP contribution in [0.15, 0.2) is 28.8 Å². The number of benzene rings is 1. The summed E-state index contributed by atoms with van der Waals surface area (Å²) in [6, 6.07) is 5.11. The largest absolute Gasteiger partial charge is 0.416 e. The quantitative estimate of drug-likeness (QED) is 0.852. The molecule has 24 heavy (non-hydrogen) atoms. The normalized spacial score (nSPS) is 20.7. The van der Waals surface area contributed by atoms with Gasteiger partial charge in [0.15, 0.2) is 5.82 Å². The lowest BCUT2D eigenvalue weighted by molar-refractivity contribution is -0.137. The number of halogens is 3. The third kappa shape index (κ3) is 2.17. The van der Waals surface area contributed by atoms with Crippen molar-refractivity contribution in [2.24, 2.45) is 0 Å².